The third-order valence-corrected chi connectivity index (χ3v) is 7.67. The molecule has 2 amide bonds. The Morgan fingerprint density at radius 1 is 1.17 bits per heavy atom. The van der Waals surface area contributed by atoms with Crippen LogP contribution in [0.15, 0.2) is 0 Å². The van der Waals surface area contributed by atoms with Gasteiger partial charge in [0.25, 0.3) is 0 Å². The van der Waals surface area contributed by atoms with Crippen molar-refractivity contribution in [3.05, 3.63) is 16.3 Å². The van der Waals surface area contributed by atoms with Gasteiger partial charge in [-0.05, 0) is 56.9 Å². The molecule has 8 heteroatoms. The van der Waals surface area contributed by atoms with Crippen LogP contribution in [-0.4, -0.2) is 52.4 Å². The minimum absolute atomic E-state index is 0.105. The fraction of sp³-hybridized carbons (Fsp3) is 0.619. The third-order valence-electron chi connectivity index (χ3n) is 6.48. The van der Waals surface area contributed by atoms with Crippen LogP contribution in [0, 0.1) is 0 Å². The number of aryl methyl sites for hydroxylation is 2. The van der Waals surface area contributed by atoms with Crippen LogP contribution in [0.4, 0.5) is 5.82 Å². The van der Waals surface area contributed by atoms with Crippen LogP contribution in [0.5, 0.6) is 0 Å². The normalized spacial score (nSPS) is 21.4. The van der Waals surface area contributed by atoms with Gasteiger partial charge in [0, 0.05) is 24.5 Å². The molecule has 2 aromatic heterocycles. The number of fused-ring (bicyclic) bond motifs is 3. The molecule has 0 spiro atoms. The second-order valence-electron chi connectivity index (χ2n) is 8.52. The van der Waals surface area contributed by atoms with Gasteiger partial charge in [-0.1, -0.05) is 0 Å². The molecule has 7 nitrogen and oxygen atoms in total. The van der Waals surface area contributed by atoms with E-state index in [0.29, 0.717) is 24.8 Å². The molecule has 29 heavy (non-hydrogen) atoms. The highest BCUT2D eigenvalue weighted by molar-refractivity contribution is 7.19. The maximum absolute atomic E-state index is 12.9. The SMILES string of the molecule is CN(c1nc(CC(=O)N2CCCC2C(N)=O)nc2sc3c(c12)CCCC3)C1CC1. The van der Waals surface area contributed by atoms with Gasteiger partial charge < -0.3 is 15.5 Å². The van der Waals surface area contributed by atoms with Crippen molar-refractivity contribution in [3.8, 4) is 0 Å². The molecule has 0 radical (unpaired) electrons. The van der Waals surface area contributed by atoms with E-state index in [4.69, 9.17) is 15.7 Å². The zero-order valence-electron chi connectivity index (χ0n) is 16.8. The fourth-order valence-electron chi connectivity index (χ4n) is 4.75. The summed E-state index contributed by atoms with van der Waals surface area (Å²) in [5, 5.41) is 1.20. The number of amides is 2. The summed E-state index contributed by atoms with van der Waals surface area (Å²) in [6.45, 7) is 0.580. The molecule has 0 bridgehead atoms. The van der Waals surface area contributed by atoms with Crippen molar-refractivity contribution >= 4 is 39.2 Å². The second-order valence-corrected chi connectivity index (χ2v) is 9.60. The number of thiophene rings is 1. The number of nitrogens with two attached hydrogens (primary N) is 1. The van der Waals surface area contributed by atoms with Crippen molar-refractivity contribution in [3.63, 3.8) is 0 Å². The average molecular weight is 414 g/mol. The van der Waals surface area contributed by atoms with E-state index >= 15 is 0 Å². The van der Waals surface area contributed by atoms with Crippen molar-refractivity contribution in [2.75, 3.05) is 18.5 Å². The maximum atomic E-state index is 12.9. The lowest BCUT2D eigenvalue weighted by molar-refractivity contribution is -0.136. The van der Waals surface area contributed by atoms with Crippen LogP contribution >= 0.6 is 11.3 Å². The van der Waals surface area contributed by atoms with Crippen LogP contribution in [0.1, 0.15) is 54.8 Å². The largest absolute Gasteiger partial charge is 0.368 e. The van der Waals surface area contributed by atoms with Gasteiger partial charge in [-0.3, -0.25) is 9.59 Å². The first-order valence-electron chi connectivity index (χ1n) is 10.7. The summed E-state index contributed by atoms with van der Waals surface area (Å²) in [5.74, 6) is 1.01. The highest BCUT2D eigenvalue weighted by Gasteiger charge is 2.34. The number of anilines is 1. The number of aromatic nitrogens is 2. The number of rotatable bonds is 5. The highest BCUT2D eigenvalue weighted by atomic mass is 32.1. The van der Waals surface area contributed by atoms with Crippen molar-refractivity contribution in [1.82, 2.24) is 14.9 Å². The maximum Gasteiger partial charge on any atom is 0.240 e. The number of primary amides is 1. The second kappa shape index (κ2) is 7.23. The summed E-state index contributed by atoms with van der Waals surface area (Å²) < 4.78 is 0. The van der Waals surface area contributed by atoms with E-state index in [0.717, 1.165) is 29.9 Å². The van der Waals surface area contributed by atoms with E-state index in [1.54, 1.807) is 16.2 Å². The third kappa shape index (κ3) is 3.37. The molecule has 1 saturated heterocycles. The number of nitrogens with zero attached hydrogens (tertiary/aromatic N) is 4. The molecule has 2 aliphatic carbocycles. The smallest absolute Gasteiger partial charge is 0.240 e. The Labute approximate surface area is 174 Å². The molecule has 3 aliphatic rings. The first kappa shape index (κ1) is 18.8. The molecule has 154 valence electrons. The molecule has 3 heterocycles. The Morgan fingerprint density at radius 3 is 2.72 bits per heavy atom. The highest BCUT2D eigenvalue weighted by Crippen LogP contribution is 2.41. The molecule has 1 aliphatic heterocycles. The van der Waals surface area contributed by atoms with Gasteiger partial charge in [0.15, 0.2) is 0 Å². The molecule has 1 saturated carbocycles. The van der Waals surface area contributed by atoms with Crippen molar-refractivity contribution in [1.29, 1.82) is 0 Å². The topological polar surface area (TPSA) is 92.4 Å². The minimum Gasteiger partial charge on any atom is -0.368 e. The van der Waals surface area contributed by atoms with Gasteiger partial charge >= 0.3 is 0 Å². The summed E-state index contributed by atoms with van der Waals surface area (Å²) in [5.41, 5.74) is 6.91. The first-order valence-corrected chi connectivity index (χ1v) is 11.5. The predicted octanol–water partition coefficient (Wildman–Crippen LogP) is 2.19. The number of carbonyl (C=O) groups excluding carboxylic acids is 2. The summed E-state index contributed by atoms with van der Waals surface area (Å²) in [6, 6.07) is 0.0440. The van der Waals surface area contributed by atoms with Gasteiger partial charge in [0.2, 0.25) is 11.8 Å². The number of carbonyl (C=O) groups is 2. The minimum atomic E-state index is -0.492. The summed E-state index contributed by atoms with van der Waals surface area (Å²) in [4.78, 5) is 40.6. The van der Waals surface area contributed by atoms with Gasteiger partial charge in [0.05, 0.1) is 11.8 Å². The Bertz CT molecular complexity index is 983. The Hall–Kier alpha value is -2.22. The molecule has 2 aromatic rings. The number of hydrogen-bond donors (Lipinski definition) is 1. The Balaban J connectivity index is 1.51. The van der Waals surface area contributed by atoms with Crippen LogP contribution in [0.25, 0.3) is 10.2 Å². The van der Waals surface area contributed by atoms with Crippen molar-refractivity contribution < 1.29 is 9.59 Å². The quantitative estimate of drug-likeness (QED) is 0.811. The molecular weight excluding hydrogens is 386 g/mol. The predicted molar refractivity (Wildman–Crippen MR) is 113 cm³/mol. The van der Waals surface area contributed by atoms with E-state index in [9.17, 15) is 9.59 Å². The van der Waals surface area contributed by atoms with Crippen LogP contribution < -0.4 is 10.6 Å². The molecule has 2 fully saturated rings. The molecule has 0 aromatic carbocycles. The first-order chi connectivity index (χ1) is 14.0. The van der Waals surface area contributed by atoms with E-state index in [2.05, 4.69) is 11.9 Å². The van der Waals surface area contributed by atoms with E-state index in [-0.39, 0.29) is 12.3 Å². The monoisotopic (exact) mass is 413 g/mol. The summed E-state index contributed by atoms with van der Waals surface area (Å²) in [6.07, 6.45) is 8.62. The lowest BCUT2D eigenvalue weighted by Crippen LogP contribution is -2.44. The van der Waals surface area contributed by atoms with Crippen molar-refractivity contribution in [2.24, 2.45) is 5.73 Å². The molecule has 1 unspecified atom stereocenters. The molecular formula is C21H27N5O2S. The zero-order chi connectivity index (χ0) is 20.1. The van der Waals surface area contributed by atoms with Crippen LogP contribution in [0.2, 0.25) is 0 Å². The lowest BCUT2D eigenvalue weighted by atomic mass is 9.97. The van der Waals surface area contributed by atoms with Gasteiger partial charge in [0.1, 0.15) is 22.5 Å². The standard InChI is InChI=1S/C21H27N5O2S/c1-25(12-8-9-12)20-18-13-5-2-3-7-15(13)29-21(18)24-16(23-20)11-17(27)26-10-4-6-14(26)19(22)28/h12,14H,2-11H2,1H3,(H2,22,28). The van der Waals surface area contributed by atoms with Crippen molar-refractivity contribution in [2.45, 2.75) is 69.9 Å². The lowest BCUT2D eigenvalue weighted by Gasteiger charge is -2.23. The summed E-state index contributed by atoms with van der Waals surface area (Å²) >= 11 is 1.77. The fourth-order valence-corrected chi connectivity index (χ4v) is 6.02. The summed E-state index contributed by atoms with van der Waals surface area (Å²) in [7, 11) is 2.11. The zero-order valence-corrected chi connectivity index (χ0v) is 17.6. The Kier molecular flexibility index (Phi) is 4.69. The van der Waals surface area contributed by atoms with Gasteiger partial charge in [-0.2, -0.15) is 0 Å². The molecule has 2 N–H and O–H groups in total. The Morgan fingerprint density at radius 2 is 1.97 bits per heavy atom. The van der Waals surface area contributed by atoms with Crippen LogP contribution in [0.3, 0.4) is 0 Å². The molecule has 5 rings (SSSR count). The van der Waals surface area contributed by atoms with E-state index < -0.39 is 11.9 Å². The van der Waals surface area contributed by atoms with Gasteiger partial charge in [-0.15, -0.1) is 11.3 Å². The van der Waals surface area contributed by atoms with Gasteiger partial charge in [-0.25, -0.2) is 9.97 Å². The molecule has 1 atom stereocenters. The van der Waals surface area contributed by atoms with E-state index in [1.807, 2.05) is 0 Å². The number of hydrogen-bond acceptors (Lipinski definition) is 6. The number of likely N-dealkylation sites (tertiary alicyclic amines) is 1. The van der Waals surface area contributed by atoms with E-state index in [1.165, 1.54) is 41.5 Å². The van der Waals surface area contributed by atoms with Crippen LogP contribution in [-0.2, 0) is 28.9 Å². The average Bonchev–Trinajstić information content (AvgIpc) is 3.30.